The van der Waals surface area contributed by atoms with Crippen LogP contribution >= 0.6 is 0 Å². The van der Waals surface area contributed by atoms with Gasteiger partial charge in [-0.25, -0.2) is 4.79 Å². The molecule has 0 aromatic heterocycles. The van der Waals surface area contributed by atoms with E-state index in [1.807, 2.05) is 19.1 Å². The van der Waals surface area contributed by atoms with Crippen molar-refractivity contribution in [1.82, 2.24) is 15.5 Å². The minimum Gasteiger partial charge on any atom is -0.336 e. The maximum absolute atomic E-state index is 12.9. The second-order valence-electron chi connectivity index (χ2n) is 7.62. The van der Waals surface area contributed by atoms with Gasteiger partial charge in [0.25, 0.3) is 5.91 Å². The zero-order chi connectivity index (χ0) is 19.7. The molecule has 1 aliphatic heterocycles. The molecule has 0 spiro atoms. The number of hydrogen-bond donors (Lipinski definition) is 2. The number of nitriles is 1. The average Bonchev–Trinajstić information content (AvgIpc) is 2.87. The van der Waals surface area contributed by atoms with Crippen molar-refractivity contribution in [3.05, 3.63) is 35.4 Å². The normalized spacial score (nSPS) is 24.3. The Hall–Kier alpha value is -2.88. The quantitative estimate of drug-likeness (QED) is 0.795. The van der Waals surface area contributed by atoms with Crippen LogP contribution in [0.15, 0.2) is 24.3 Å². The third-order valence-corrected chi connectivity index (χ3v) is 5.51. The molecule has 1 aliphatic carbocycles. The molecule has 7 heteroatoms. The smallest absolute Gasteiger partial charge is 0.325 e. The van der Waals surface area contributed by atoms with E-state index >= 15 is 0 Å². The summed E-state index contributed by atoms with van der Waals surface area (Å²) in [7, 11) is 0. The Morgan fingerprint density at radius 1 is 1.22 bits per heavy atom. The lowest BCUT2D eigenvalue weighted by atomic mass is 9.83. The lowest BCUT2D eigenvalue weighted by Crippen LogP contribution is -2.52. The number of urea groups is 1. The van der Waals surface area contributed by atoms with Gasteiger partial charge in [-0.05, 0) is 32.3 Å². The van der Waals surface area contributed by atoms with Crippen molar-refractivity contribution in [3.8, 4) is 6.07 Å². The van der Waals surface area contributed by atoms with Gasteiger partial charge in [0.1, 0.15) is 17.6 Å². The predicted octanol–water partition coefficient (Wildman–Crippen LogP) is 2.10. The molecule has 4 amide bonds. The minimum absolute atomic E-state index is 0.393. The molecule has 1 atom stereocenters. The van der Waals surface area contributed by atoms with Crippen molar-refractivity contribution >= 4 is 17.8 Å². The molecule has 1 saturated carbocycles. The molecule has 2 aliphatic rings. The van der Waals surface area contributed by atoms with Crippen molar-refractivity contribution in [3.63, 3.8) is 0 Å². The number of benzene rings is 1. The van der Waals surface area contributed by atoms with Crippen LogP contribution in [0.1, 0.15) is 50.2 Å². The first-order valence-electron chi connectivity index (χ1n) is 9.23. The summed E-state index contributed by atoms with van der Waals surface area (Å²) >= 11 is 0. The van der Waals surface area contributed by atoms with E-state index in [2.05, 4.69) is 16.7 Å². The second-order valence-corrected chi connectivity index (χ2v) is 7.62. The van der Waals surface area contributed by atoms with E-state index in [0.717, 1.165) is 29.7 Å². The standard InChI is InChI=1S/C20H24N4O3/c1-14-6-8-15(9-7-14)19(2)17(26)24(18(27)23-19)12-16(25)22-20(13-21)10-4-3-5-11-20/h6-9H,3-5,10-12H2,1-2H3,(H,22,25)(H,23,27)/t19-/m1/s1. The molecule has 3 rings (SSSR count). The van der Waals surface area contributed by atoms with Crippen LogP contribution in [0, 0.1) is 18.3 Å². The van der Waals surface area contributed by atoms with E-state index in [4.69, 9.17) is 0 Å². The molecule has 1 heterocycles. The van der Waals surface area contributed by atoms with E-state index in [0.29, 0.717) is 18.4 Å². The molecular formula is C20H24N4O3. The lowest BCUT2D eigenvalue weighted by molar-refractivity contribution is -0.135. The summed E-state index contributed by atoms with van der Waals surface area (Å²) in [4.78, 5) is 38.7. The molecule has 7 nitrogen and oxygen atoms in total. The maximum Gasteiger partial charge on any atom is 0.325 e. The van der Waals surface area contributed by atoms with Crippen molar-refractivity contribution in [1.29, 1.82) is 5.26 Å². The van der Waals surface area contributed by atoms with Crippen LogP contribution in [0.3, 0.4) is 0 Å². The third-order valence-electron chi connectivity index (χ3n) is 5.51. The number of hydrogen-bond acceptors (Lipinski definition) is 4. The number of amides is 4. The fraction of sp³-hybridized carbons (Fsp3) is 0.500. The summed E-state index contributed by atoms with van der Waals surface area (Å²) < 4.78 is 0. The van der Waals surface area contributed by atoms with E-state index in [9.17, 15) is 19.6 Å². The summed E-state index contributed by atoms with van der Waals surface area (Å²) in [6.07, 6.45) is 3.99. The first kappa shape index (κ1) is 18.9. The number of carbonyl (C=O) groups excluding carboxylic acids is 3. The number of nitrogens with one attached hydrogen (secondary N) is 2. The first-order valence-corrected chi connectivity index (χ1v) is 9.23. The lowest BCUT2D eigenvalue weighted by Gasteiger charge is -2.32. The number of nitrogens with zero attached hydrogens (tertiary/aromatic N) is 2. The number of aryl methyl sites for hydroxylation is 1. The Morgan fingerprint density at radius 2 is 1.85 bits per heavy atom. The van der Waals surface area contributed by atoms with Gasteiger partial charge < -0.3 is 10.6 Å². The Bertz CT molecular complexity index is 806. The Balaban J connectivity index is 1.73. The number of carbonyl (C=O) groups is 3. The zero-order valence-electron chi connectivity index (χ0n) is 15.7. The summed E-state index contributed by atoms with van der Waals surface area (Å²) in [5.41, 5.74) is -0.391. The van der Waals surface area contributed by atoms with Crippen molar-refractivity contribution in [2.75, 3.05) is 6.54 Å². The highest BCUT2D eigenvalue weighted by Crippen LogP contribution is 2.30. The van der Waals surface area contributed by atoms with Crippen LogP contribution in [0.2, 0.25) is 0 Å². The van der Waals surface area contributed by atoms with Gasteiger partial charge >= 0.3 is 6.03 Å². The largest absolute Gasteiger partial charge is 0.336 e. The molecule has 27 heavy (non-hydrogen) atoms. The molecule has 1 aromatic rings. The Morgan fingerprint density at radius 3 is 2.44 bits per heavy atom. The van der Waals surface area contributed by atoms with Gasteiger partial charge in [-0.1, -0.05) is 49.1 Å². The average molecular weight is 368 g/mol. The molecule has 0 unspecified atom stereocenters. The number of imide groups is 1. The van der Waals surface area contributed by atoms with Crippen LogP contribution in [0.25, 0.3) is 0 Å². The third kappa shape index (κ3) is 3.52. The molecule has 1 aromatic carbocycles. The summed E-state index contributed by atoms with van der Waals surface area (Å²) in [5.74, 6) is -0.962. The highest BCUT2D eigenvalue weighted by Gasteiger charge is 2.49. The Kier molecular flexibility index (Phi) is 4.92. The second kappa shape index (κ2) is 7.03. The number of rotatable bonds is 4. The van der Waals surface area contributed by atoms with Crippen molar-refractivity contribution in [2.24, 2.45) is 0 Å². The summed E-state index contributed by atoms with van der Waals surface area (Å²) in [5, 5.41) is 14.9. The molecule has 1 saturated heterocycles. The van der Waals surface area contributed by atoms with Crippen molar-refractivity contribution in [2.45, 2.75) is 57.0 Å². The molecule has 0 radical (unpaired) electrons. The highest BCUT2D eigenvalue weighted by atomic mass is 16.2. The van der Waals surface area contributed by atoms with E-state index in [1.165, 1.54) is 0 Å². The predicted molar refractivity (Wildman–Crippen MR) is 98.3 cm³/mol. The summed E-state index contributed by atoms with van der Waals surface area (Å²) in [6, 6.07) is 8.93. The monoisotopic (exact) mass is 368 g/mol. The van der Waals surface area contributed by atoms with Gasteiger partial charge in [-0.2, -0.15) is 5.26 Å². The van der Waals surface area contributed by atoms with Gasteiger partial charge in [-0.3, -0.25) is 14.5 Å². The molecule has 2 N–H and O–H groups in total. The van der Waals surface area contributed by atoms with Crippen molar-refractivity contribution < 1.29 is 14.4 Å². The first-order chi connectivity index (χ1) is 12.8. The van der Waals surface area contributed by atoms with E-state index in [-0.39, 0.29) is 0 Å². The van der Waals surface area contributed by atoms with Crippen LogP contribution in [0.5, 0.6) is 0 Å². The molecule has 142 valence electrons. The maximum atomic E-state index is 12.9. The van der Waals surface area contributed by atoms with Crippen LogP contribution in [-0.4, -0.2) is 34.8 Å². The van der Waals surface area contributed by atoms with Gasteiger partial charge in [-0.15, -0.1) is 0 Å². The van der Waals surface area contributed by atoms with Crippen LogP contribution < -0.4 is 10.6 Å². The molecular weight excluding hydrogens is 344 g/mol. The molecule has 0 bridgehead atoms. The summed E-state index contributed by atoms with van der Waals surface area (Å²) in [6.45, 7) is 3.18. The minimum atomic E-state index is -1.21. The van der Waals surface area contributed by atoms with Gasteiger partial charge in [0.2, 0.25) is 5.91 Å². The van der Waals surface area contributed by atoms with E-state index in [1.54, 1.807) is 19.1 Å². The highest BCUT2D eigenvalue weighted by molar-refractivity contribution is 6.09. The van der Waals surface area contributed by atoms with Crippen LogP contribution in [0.4, 0.5) is 4.79 Å². The zero-order valence-corrected chi connectivity index (χ0v) is 15.7. The van der Waals surface area contributed by atoms with Gasteiger partial charge in [0, 0.05) is 0 Å². The fourth-order valence-electron chi connectivity index (χ4n) is 3.79. The topological polar surface area (TPSA) is 102 Å². The van der Waals surface area contributed by atoms with Gasteiger partial charge in [0.05, 0.1) is 6.07 Å². The van der Waals surface area contributed by atoms with Crippen LogP contribution in [-0.2, 0) is 15.1 Å². The Labute approximate surface area is 158 Å². The SMILES string of the molecule is Cc1ccc([C@@]2(C)NC(=O)N(CC(=O)NC3(C#N)CCCCC3)C2=O)cc1. The molecule has 2 fully saturated rings. The van der Waals surface area contributed by atoms with E-state index < -0.39 is 35.5 Å². The fourth-order valence-corrected chi connectivity index (χ4v) is 3.79. The van der Waals surface area contributed by atoms with Gasteiger partial charge in [0.15, 0.2) is 0 Å².